The summed E-state index contributed by atoms with van der Waals surface area (Å²) in [7, 11) is 0. The molecule has 0 aliphatic rings. The topological polar surface area (TPSA) is 46.0 Å². The fourth-order valence-electron chi connectivity index (χ4n) is 0.862. The minimum atomic E-state index is -0.200. The Bertz CT molecular complexity index is 442. The van der Waals surface area contributed by atoms with E-state index in [-0.39, 0.29) is 25.7 Å². The molecule has 3 nitrogen and oxygen atoms in total. The van der Waals surface area contributed by atoms with Gasteiger partial charge in [-0.15, -0.1) is 0 Å². The van der Waals surface area contributed by atoms with Gasteiger partial charge in [0.2, 0.25) is 0 Å². The number of phenolic OH excluding ortho intramolecular Hbond substituents is 1. The number of aromatic hydroxyl groups is 1. The van der Waals surface area contributed by atoms with Crippen molar-refractivity contribution in [2.45, 2.75) is 0 Å². The van der Waals surface area contributed by atoms with Gasteiger partial charge in [-0.1, -0.05) is 0 Å². The standard InChI is InChI=1S/C6H2Cl2N2OSe/c7-2-1-3(8)6(11)5-4(2)9-12-10-5/h1,11H. The van der Waals surface area contributed by atoms with Crippen LogP contribution in [0, 0.1) is 0 Å². The zero-order valence-corrected chi connectivity index (χ0v) is 8.81. The molecule has 0 fully saturated rings. The Morgan fingerprint density at radius 2 is 1.83 bits per heavy atom. The van der Waals surface area contributed by atoms with Gasteiger partial charge in [0.1, 0.15) is 0 Å². The SMILES string of the molecule is Oc1c(Cl)cc(Cl)c2n[se]nc12. The van der Waals surface area contributed by atoms with E-state index >= 15 is 0 Å². The average molecular weight is 268 g/mol. The maximum absolute atomic E-state index is 9.41. The van der Waals surface area contributed by atoms with Crippen molar-refractivity contribution < 1.29 is 5.11 Å². The van der Waals surface area contributed by atoms with Crippen LogP contribution in [-0.2, 0) is 0 Å². The van der Waals surface area contributed by atoms with E-state index in [0.29, 0.717) is 16.1 Å². The number of benzene rings is 1. The molecule has 0 aliphatic carbocycles. The van der Waals surface area contributed by atoms with E-state index in [0.717, 1.165) is 0 Å². The summed E-state index contributed by atoms with van der Waals surface area (Å²) >= 11 is 11.3. The minimum absolute atomic E-state index is 0.0285. The van der Waals surface area contributed by atoms with Crippen molar-refractivity contribution in [2.24, 2.45) is 0 Å². The summed E-state index contributed by atoms with van der Waals surface area (Å²) in [5.41, 5.74) is 0.978. The van der Waals surface area contributed by atoms with E-state index in [1.165, 1.54) is 6.07 Å². The molecule has 12 heavy (non-hydrogen) atoms. The first-order valence-electron chi connectivity index (χ1n) is 2.99. The molecule has 62 valence electrons. The van der Waals surface area contributed by atoms with Gasteiger partial charge < -0.3 is 0 Å². The predicted molar refractivity (Wildman–Crippen MR) is 48.2 cm³/mol. The Kier molecular flexibility index (Phi) is 2.00. The number of nitrogens with zero attached hydrogens (tertiary/aromatic N) is 2. The molecular formula is C6H2Cl2N2OSe. The molecule has 0 radical (unpaired) electrons. The fourth-order valence-corrected chi connectivity index (χ4v) is 2.65. The van der Waals surface area contributed by atoms with Gasteiger partial charge in [0.25, 0.3) is 0 Å². The number of hydrogen-bond acceptors (Lipinski definition) is 3. The zero-order valence-electron chi connectivity index (χ0n) is 5.58. The maximum atomic E-state index is 9.41. The molecule has 0 saturated heterocycles. The Hall–Kier alpha value is -0.281. The molecule has 6 heteroatoms. The summed E-state index contributed by atoms with van der Waals surface area (Å²) < 4.78 is 8.04. The molecule has 1 heterocycles. The monoisotopic (exact) mass is 268 g/mol. The van der Waals surface area contributed by atoms with Crippen LogP contribution in [-0.4, -0.2) is 28.0 Å². The van der Waals surface area contributed by atoms with Crippen LogP contribution in [0.3, 0.4) is 0 Å². The van der Waals surface area contributed by atoms with Crippen LogP contribution in [0.2, 0.25) is 10.0 Å². The molecule has 0 unspecified atom stereocenters. The molecule has 0 saturated carbocycles. The summed E-state index contributed by atoms with van der Waals surface area (Å²) in [6, 6.07) is 1.47. The van der Waals surface area contributed by atoms with E-state index in [4.69, 9.17) is 23.2 Å². The van der Waals surface area contributed by atoms with Gasteiger partial charge >= 0.3 is 84.1 Å². The van der Waals surface area contributed by atoms with Crippen molar-refractivity contribution in [1.29, 1.82) is 0 Å². The van der Waals surface area contributed by atoms with Crippen LogP contribution in [0.25, 0.3) is 11.0 Å². The predicted octanol–water partition coefficient (Wildman–Crippen LogP) is 1.70. The van der Waals surface area contributed by atoms with Crippen molar-refractivity contribution in [3.8, 4) is 5.75 Å². The van der Waals surface area contributed by atoms with Gasteiger partial charge in [-0.2, -0.15) is 0 Å². The Morgan fingerprint density at radius 3 is 2.58 bits per heavy atom. The van der Waals surface area contributed by atoms with Crippen LogP contribution in [0.4, 0.5) is 0 Å². The molecule has 0 aliphatic heterocycles. The second-order valence-electron chi connectivity index (χ2n) is 2.15. The normalized spacial score (nSPS) is 10.8. The second kappa shape index (κ2) is 2.89. The third kappa shape index (κ3) is 1.12. The number of phenols is 1. The van der Waals surface area contributed by atoms with E-state index in [9.17, 15) is 5.11 Å². The first-order valence-corrected chi connectivity index (χ1v) is 5.28. The summed E-state index contributed by atoms with van der Waals surface area (Å²) in [5.74, 6) is -0.0285. The molecule has 0 bridgehead atoms. The van der Waals surface area contributed by atoms with Crippen LogP contribution in [0.1, 0.15) is 0 Å². The molecule has 2 rings (SSSR count). The Balaban J connectivity index is 2.97. The van der Waals surface area contributed by atoms with Crippen molar-refractivity contribution in [1.82, 2.24) is 7.96 Å². The van der Waals surface area contributed by atoms with Crippen LogP contribution in [0.15, 0.2) is 6.07 Å². The van der Waals surface area contributed by atoms with Gasteiger partial charge in [-0.3, -0.25) is 0 Å². The molecule has 2 aromatic rings. The van der Waals surface area contributed by atoms with Gasteiger partial charge in [0, 0.05) is 0 Å². The number of hydrogen-bond donors (Lipinski definition) is 1. The summed E-state index contributed by atoms with van der Waals surface area (Å²) in [6.07, 6.45) is 0. The Morgan fingerprint density at radius 1 is 1.17 bits per heavy atom. The van der Waals surface area contributed by atoms with Crippen molar-refractivity contribution in [3.63, 3.8) is 0 Å². The Labute approximate surface area is 84.2 Å². The number of aromatic nitrogens is 2. The quantitative estimate of drug-likeness (QED) is 0.739. The van der Waals surface area contributed by atoms with E-state index in [1.807, 2.05) is 0 Å². The van der Waals surface area contributed by atoms with Gasteiger partial charge in [-0.05, 0) is 0 Å². The van der Waals surface area contributed by atoms with Gasteiger partial charge in [0.15, 0.2) is 0 Å². The third-order valence-electron chi connectivity index (χ3n) is 1.42. The summed E-state index contributed by atoms with van der Waals surface area (Å²) in [6.45, 7) is 0. The number of fused-ring (bicyclic) bond motifs is 1. The molecule has 0 atom stereocenters. The second-order valence-corrected chi connectivity index (χ2v) is 4.07. The average Bonchev–Trinajstić information content (AvgIpc) is 2.48. The summed E-state index contributed by atoms with van der Waals surface area (Å²) in [4.78, 5) is 0. The molecule has 0 amide bonds. The molecule has 1 aromatic heterocycles. The van der Waals surface area contributed by atoms with Crippen LogP contribution in [0.5, 0.6) is 5.75 Å². The van der Waals surface area contributed by atoms with E-state index in [1.54, 1.807) is 0 Å². The molecular weight excluding hydrogens is 266 g/mol. The van der Waals surface area contributed by atoms with Crippen LogP contribution >= 0.6 is 23.2 Å². The number of rotatable bonds is 0. The molecule has 1 aromatic carbocycles. The molecule has 1 N–H and O–H groups in total. The van der Waals surface area contributed by atoms with E-state index < -0.39 is 0 Å². The van der Waals surface area contributed by atoms with Crippen LogP contribution < -0.4 is 0 Å². The van der Waals surface area contributed by atoms with Gasteiger partial charge in [-0.25, -0.2) is 0 Å². The first-order chi connectivity index (χ1) is 5.70. The molecule has 0 spiro atoms. The fraction of sp³-hybridized carbons (Fsp3) is 0. The summed E-state index contributed by atoms with van der Waals surface area (Å²) in [5, 5.41) is 10.1. The van der Waals surface area contributed by atoms with Gasteiger partial charge in [0.05, 0.1) is 0 Å². The third-order valence-corrected chi connectivity index (χ3v) is 3.10. The van der Waals surface area contributed by atoms with Crippen molar-refractivity contribution in [3.05, 3.63) is 16.1 Å². The van der Waals surface area contributed by atoms with E-state index in [2.05, 4.69) is 7.96 Å². The van der Waals surface area contributed by atoms with Crippen molar-refractivity contribution >= 4 is 49.2 Å². The first kappa shape index (κ1) is 8.32. The van der Waals surface area contributed by atoms with Crippen molar-refractivity contribution in [2.75, 3.05) is 0 Å². The number of halogens is 2. The zero-order chi connectivity index (χ0) is 8.72.